The first-order valence-corrected chi connectivity index (χ1v) is 7.40. The second-order valence-electron chi connectivity index (χ2n) is 5.58. The van der Waals surface area contributed by atoms with Gasteiger partial charge in [0.15, 0.2) is 5.82 Å². The predicted molar refractivity (Wildman–Crippen MR) is 80.6 cm³/mol. The molecule has 1 unspecified atom stereocenters. The molecule has 0 spiro atoms. The highest BCUT2D eigenvalue weighted by atomic mass is 16.5. The van der Waals surface area contributed by atoms with E-state index in [1.165, 1.54) is 0 Å². The van der Waals surface area contributed by atoms with E-state index in [9.17, 15) is 4.79 Å². The Morgan fingerprint density at radius 2 is 2.32 bits per heavy atom. The Hall–Kier alpha value is -2.44. The van der Waals surface area contributed by atoms with E-state index < -0.39 is 0 Å². The molecule has 0 radical (unpaired) electrons. The maximum atomic E-state index is 12.4. The average Bonchev–Trinajstić information content (AvgIpc) is 2.94. The number of amides is 2. The molecule has 2 aromatic heterocycles. The Bertz CT molecular complexity index is 669. The van der Waals surface area contributed by atoms with Crippen LogP contribution in [0.25, 0.3) is 0 Å². The van der Waals surface area contributed by atoms with E-state index in [2.05, 4.69) is 20.4 Å². The predicted octanol–water partition coefficient (Wildman–Crippen LogP) is 2.49. The van der Waals surface area contributed by atoms with Crippen molar-refractivity contribution in [1.29, 1.82) is 0 Å². The summed E-state index contributed by atoms with van der Waals surface area (Å²) in [6, 6.07) is 3.53. The van der Waals surface area contributed by atoms with Crippen LogP contribution in [-0.4, -0.2) is 39.1 Å². The van der Waals surface area contributed by atoms with Crippen LogP contribution in [0.1, 0.15) is 36.2 Å². The van der Waals surface area contributed by atoms with Crippen molar-refractivity contribution < 1.29 is 9.32 Å². The summed E-state index contributed by atoms with van der Waals surface area (Å²) < 4.78 is 5.24. The lowest BCUT2D eigenvalue weighted by Gasteiger charge is -2.31. The normalized spacial score (nSPS) is 18.3. The van der Waals surface area contributed by atoms with Crippen LogP contribution in [0.4, 0.5) is 10.5 Å². The molecule has 0 aliphatic carbocycles. The third-order valence-electron chi connectivity index (χ3n) is 3.75. The van der Waals surface area contributed by atoms with Gasteiger partial charge in [0.25, 0.3) is 0 Å². The number of pyridine rings is 1. The van der Waals surface area contributed by atoms with E-state index in [-0.39, 0.29) is 11.9 Å². The van der Waals surface area contributed by atoms with E-state index >= 15 is 0 Å². The third kappa shape index (κ3) is 3.24. The summed E-state index contributed by atoms with van der Waals surface area (Å²) in [6.45, 7) is 5.02. The standard InChI is InChI=1S/C15H19N5O2/c1-10-8-13(5-6-16-10)18-15(21)20-7-3-4-12(9-20)14-17-11(2)19-22-14/h5-6,8,12H,3-4,7,9H2,1-2H3,(H,16,18,21). The number of aromatic nitrogens is 3. The summed E-state index contributed by atoms with van der Waals surface area (Å²) >= 11 is 0. The molecule has 1 fully saturated rings. The highest BCUT2D eigenvalue weighted by Crippen LogP contribution is 2.26. The quantitative estimate of drug-likeness (QED) is 0.921. The Labute approximate surface area is 128 Å². The average molecular weight is 301 g/mol. The minimum Gasteiger partial charge on any atom is -0.339 e. The molecular formula is C15H19N5O2. The number of likely N-dealkylation sites (tertiary alicyclic amines) is 1. The van der Waals surface area contributed by atoms with Crippen LogP contribution in [0.5, 0.6) is 0 Å². The Morgan fingerprint density at radius 1 is 1.45 bits per heavy atom. The molecule has 7 nitrogen and oxygen atoms in total. The van der Waals surface area contributed by atoms with Crippen LogP contribution in [0.3, 0.4) is 0 Å². The third-order valence-corrected chi connectivity index (χ3v) is 3.75. The Balaban J connectivity index is 1.65. The summed E-state index contributed by atoms with van der Waals surface area (Å²) in [5.74, 6) is 1.36. The van der Waals surface area contributed by atoms with Gasteiger partial charge in [0.05, 0.1) is 5.92 Å². The van der Waals surface area contributed by atoms with Crippen LogP contribution in [0, 0.1) is 13.8 Å². The Kier molecular flexibility index (Phi) is 4.04. The van der Waals surface area contributed by atoms with Gasteiger partial charge in [-0.2, -0.15) is 4.98 Å². The maximum absolute atomic E-state index is 12.4. The largest absolute Gasteiger partial charge is 0.339 e. The van der Waals surface area contributed by atoms with Gasteiger partial charge in [0.2, 0.25) is 5.89 Å². The van der Waals surface area contributed by atoms with Gasteiger partial charge >= 0.3 is 6.03 Å². The van der Waals surface area contributed by atoms with Gasteiger partial charge in [-0.25, -0.2) is 4.79 Å². The number of carbonyl (C=O) groups is 1. The molecule has 0 aromatic carbocycles. The molecule has 0 saturated carbocycles. The minimum atomic E-state index is -0.105. The molecule has 116 valence electrons. The lowest BCUT2D eigenvalue weighted by molar-refractivity contribution is 0.184. The van der Waals surface area contributed by atoms with E-state index in [4.69, 9.17) is 4.52 Å². The first-order valence-electron chi connectivity index (χ1n) is 7.40. The molecule has 3 heterocycles. The molecule has 0 bridgehead atoms. The molecule has 1 saturated heterocycles. The summed E-state index contributed by atoms with van der Waals surface area (Å²) in [5.41, 5.74) is 1.63. The number of hydrogen-bond donors (Lipinski definition) is 1. The molecular weight excluding hydrogens is 282 g/mol. The van der Waals surface area contributed by atoms with E-state index in [0.717, 1.165) is 30.8 Å². The smallest absolute Gasteiger partial charge is 0.321 e. The lowest BCUT2D eigenvalue weighted by Crippen LogP contribution is -2.41. The number of nitrogens with one attached hydrogen (secondary N) is 1. The van der Waals surface area contributed by atoms with Gasteiger partial charge in [0.1, 0.15) is 0 Å². The van der Waals surface area contributed by atoms with Crippen molar-refractivity contribution in [1.82, 2.24) is 20.0 Å². The second-order valence-corrected chi connectivity index (χ2v) is 5.58. The number of piperidine rings is 1. The van der Waals surface area contributed by atoms with Gasteiger partial charge in [0, 0.05) is 30.7 Å². The highest BCUT2D eigenvalue weighted by molar-refractivity contribution is 5.89. The van der Waals surface area contributed by atoms with Gasteiger partial charge in [-0.15, -0.1) is 0 Å². The fourth-order valence-electron chi connectivity index (χ4n) is 2.67. The van der Waals surface area contributed by atoms with E-state index in [1.54, 1.807) is 24.1 Å². The minimum absolute atomic E-state index is 0.105. The van der Waals surface area contributed by atoms with Crippen molar-refractivity contribution in [2.75, 3.05) is 18.4 Å². The molecule has 1 N–H and O–H groups in total. The molecule has 3 rings (SSSR count). The zero-order chi connectivity index (χ0) is 15.5. The molecule has 2 amide bonds. The van der Waals surface area contributed by atoms with Crippen molar-refractivity contribution in [3.8, 4) is 0 Å². The number of anilines is 1. The topological polar surface area (TPSA) is 84.2 Å². The molecule has 22 heavy (non-hydrogen) atoms. The summed E-state index contributed by atoms with van der Waals surface area (Å²) in [5, 5.41) is 6.74. The molecule has 7 heteroatoms. The monoisotopic (exact) mass is 301 g/mol. The summed E-state index contributed by atoms with van der Waals surface area (Å²) in [7, 11) is 0. The first kappa shape index (κ1) is 14.5. The fourth-order valence-corrected chi connectivity index (χ4v) is 2.67. The van der Waals surface area contributed by atoms with Crippen LogP contribution >= 0.6 is 0 Å². The summed E-state index contributed by atoms with van der Waals surface area (Å²) in [4.78, 5) is 22.6. The zero-order valence-electron chi connectivity index (χ0n) is 12.7. The Morgan fingerprint density at radius 3 is 3.05 bits per heavy atom. The van der Waals surface area contributed by atoms with Crippen molar-refractivity contribution in [2.45, 2.75) is 32.6 Å². The van der Waals surface area contributed by atoms with Crippen molar-refractivity contribution in [3.63, 3.8) is 0 Å². The van der Waals surface area contributed by atoms with Gasteiger partial charge in [-0.3, -0.25) is 4.98 Å². The van der Waals surface area contributed by atoms with Crippen molar-refractivity contribution in [3.05, 3.63) is 35.7 Å². The van der Waals surface area contributed by atoms with Crippen LogP contribution in [-0.2, 0) is 0 Å². The number of rotatable bonds is 2. The number of urea groups is 1. The van der Waals surface area contributed by atoms with Crippen LogP contribution < -0.4 is 5.32 Å². The van der Waals surface area contributed by atoms with Gasteiger partial charge < -0.3 is 14.7 Å². The first-order chi connectivity index (χ1) is 10.6. The zero-order valence-corrected chi connectivity index (χ0v) is 12.7. The maximum Gasteiger partial charge on any atom is 0.321 e. The molecule has 2 aromatic rings. The van der Waals surface area contributed by atoms with Crippen LogP contribution in [0.15, 0.2) is 22.9 Å². The van der Waals surface area contributed by atoms with Crippen molar-refractivity contribution in [2.24, 2.45) is 0 Å². The number of hydrogen-bond acceptors (Lipinski definition) is 5. The summed E-state index contributed by atoms with van der Waals surface area (Å²) in [6.07, 6.45) is 3.57. The fraction of sp³-hybridized carbons (Fsp3) is 0.467. The number of nitrogens with zero attached hydrogens (tertiary/aromatic N) is 4. The molecule has 1 aliphatic heterocycles. The second kappa shape index (κ2) is 6.13. The van der Waals surface area contributed by atoms with Gasteiger partial charge in [-0.05, 0) is 38.8 Å². The van der Waals surface area contributed by atoms with Crippen LogP contribution in [0.2, 0.25) is 0 Å². The lowest BCUT2D eigenvalue weighted by atomic mass is 9.98. The molecule has 1 atom stereocenters. The highest BCUT2D eigenvalue weighted by Gasteiger charge is 2.28. The molecule has 1 aliphatic rings. The van der Waals surface area contributed by atoms with E-state index in [1.807, 2.05) is 13.0 Å². The SMILES string of the molecule is Cc1cc(NC(=O)N2CCCC(c3nc(C)no3)C2)ccn1. The van der Waals surface area contributed by atoms with Gasteiger partial charge in [-0.1, -0.05) is 5.16 Å². The van der Waals surface area contributed by atoms with E-state index in [0.29, 0.717) is 18.3 Å². The number of aryl methyl sites for hydroxylation is 2. The van der Waals surface area contributed by atoms with Crippen molar-refractivity contribution >= 4 is 11.7 Å². The number of carbonyl (C=O) groups excluding carboxylic acids is 1.